The Labute approximate surface area is 177 Å². The first-order valence-corrected chi connectivity index (χ1v) is 10.5. The van der Waals surface area contributed by atoms with E-state index in [1.165, 1.54) is 18.2 Å². The number of hydrogen-bond acceptors (Lipinski definition) is 4. The van der Waals surface area contributed by atoms with Crippen molar-refractivity contribution in [3.63, 3.8) is 0 Å². The smallest absolute Gasteiger partial charge is 0.269 e. The van der Waals surface area contributed by atoms with E-state index in [2.05, 4.69) is 15.6 Å². The number of aryl methyl sites for hydroxylation is 1. The molecule has 0 radical (unpaired) electrons. The molecule has 3 rings (SSSR count). The van der Waals surface area contributed by atoms with Crippen LogP contribution < -0.4 is 15.6 Å². The van der Waals surface area contributed by atoms with Crippen molar-refractivity contribution in [2.24, 2.45) is 0 Å². The van der Waals surface area contributed by atoms with Crippen molar-refractivity contribution in [1.82, 2.24) is 10.1 Å². The van der Waals surface area contributed by atoms with Crippen molar-refractivity contribution < 1.29 is 26.4 Å². The van der Waals surface area contributed by atoms with E-state index in [1.54, 1.807) is 31.2 Å². The van der Waals surface area contributed by atoms with Crippen molar-refractivity contribution >= 4 is 21.6 Å². The minimum atomic E-state index is -3.92. The second-order valence-corrected chi connectivity index (χ2v) is 8.36. The first kappa shape index (κ1) is 22.3. The van der Waals surface area contributed by atoms with Crippen LogP contribution in [0.2, 0.25) is 0 Å². The number of nitrogens with one attached hydrogen (secondary N) is 3. The van der Waals surface area contributed by atoms with Crippen LogP contribution in [0.1, 0.15) is 21.5 Å². The lowest BCUT2D eigenvalue weighted by atomic mass is 10.1. The fourth-order valence-electron chi connectivity index (χ4n) is 2.68. The van der Waals surface area contributed by atoms with Gasteiger partial charge in [0.2, 0.25) is 10.0 Å². The molecule has 1 amide bonds. The summed E-state index contributed by atoms with van der Waals surface area (Å²) in [4.78, 5) is 12.3. The number of hydrazine groups is 1. The SMILES string of the molecule is Cc1ccc(S(=O)(=O)NCc2ccccc2)cc1C(=O)NNc1ccc(F)c(F)c1F. The van der Waals surface area contributed by atoms with Gasteiger partial charge in [0.25, 0.3) is 5.91 Å². The highest BCUT2D eigenvalue weighted by Crippen LogP contribution is 2.20. The predicted molar refractivity (Wildman–Crippen MR) is 109 cm³/mol. The zero-order valence-corrected chi connectivity index (χ0v) is 17.1. The molecular weight excluding hydrogens is 431 g/mol. The summed E-state index contributed by atoms with van der Waals surface area (Å²) in [5.74, 6) is -5.35. The van der Waals surface area contributed by atoms with Gasteiger partial charge in [0.05, 0.1) is 10.6 Å². The lowest BCUT2D eigenvalue weighted by Crippen LogP contribution is -2.31. The number of halogens is 3. The first-order valence-electron chi connectivity index (χ1n) is 9.03. The van der Waals surface area contributed by atoms with E-state index in [1.807, 2.05) is 6.07 Å². The van der Waals surface area contributed by atoms with Crippen LogP contribution in [0, 0.1) is 24.4 Å². The van der Waals surface area contributed by atoms with Gasteiger partial charge < -0.3 is 0 Å². The minimum absolute atomic E-state index is 0.00178. The van der Waals surface area contributed by atoms with Crippen molar-refractivity contribution in [1.29, 1.82) is 0 Å². The van der Waals surface area contributed by atoms with Gasteiger partial charge in [-0.15, -0.1) is 0 Å². The Hall–Kier alpha value is -3.37. The summed E-state index contributed by atoms with van der Waals surface area (Å²) in [6.45, 7) is 1.65. The van der Waals surface area contributed by atoms with Gasteiger partial charge in [-0.2, -0.15) is 0 Å². The highest BCUT2D eigenvalue weighted by atomic mass is 32.2. The molecule has 0 aromatic heterocycles. The van der Waals surface area contributed by atoms with Gasteiger partial charge in [-0.1, -0.05) is 36.4 Å². The zero-order valence-electron chi connectivity index (χ0n) is 16.2. The van der Waals surface area contributed by atoms with E-state index in [0.29, 0.717) is 11.6 Å². The molecule has 0 saturated carbocycles. The molecule has 0 bridgehead atoms. The fraction of sp³-hybridized carbons (Fsp3) is 0.0952. The molecule has 31 heavy (non-hydrogen) atoms. The van der Waals surface area contributed by atoms with E-state index in [4.69, 9.17) is 0 Å². The number of rotatable bonds is 7. The van der Waals surface area contributed by atoms with Crippen LogP contribution in [-0.2, 0) is 16.6 Å². The summed E-state index contributed by atoms with van der Waals surface area (Å²) < 4.78 is 67.7. The highest BCUT2D eigenvalue weighted by Gasteiger charge is 2.19. The van der Waals surface area contributed by atoms with E-state index < -0.39 is 39.1 Å². The third-order valence-corrected chi connectivity index (χ3v) is 5.82. The van der Waals surface area contributed by atoms with Gasteiger partial charge in [-0.25, -0.2) is 26.3 Å². The minimum Gasteiger partial charge on any atom is -0.295 e. The number of amides is 1. The van der Waals surface area contributed by atoms with E-state index in [9.17, 15) is 26.4 Å². The molecule has 0 saturated heterocycles. The lowest BCUT2D eigenvalue weighted by molar-refractivity contribution is 0.0961. The first-order chi connectivity index (χ1) is 14.7. The summed E-state index contributed by atoms with van der Waals surface area (Å²) in [5, 5.41) is 0. The second-order valence-electron chi connectivity index (χ2n) is 6.59. The van der Waals surface area contributed by atoms with Crippen LogP contribution in [-0.4, -0.2) is 14.3 Å². The maximum atomic E-state index is 13.7. The predicted octanol–water partition coefficient (Wildman–Crippen LogP) is 3.65. The largest absolute Gasteiger partial charge is 0.295 e. The molecule has 0 atom stereocenters. The third-order valence-electron chi connectivity index (χ3n) is 4.42. The van der Waals surface area contributed by atoms with Gasteiger partial charge in [0.1, 0.15) is 0 Å². The molecular formula is C21H18F3N3O3S. The van der Waals surface area contributed by atoms with Gasteiger partial charge >= 0.3 is 0 Å². The number of sulfonamides is 1. The molecule has 0 heterocycles. The van der Waals surface area contributed by atoms with Gasteiger partial charge in [-0.05, 0) is 42.3 Å². The Morgan fingerprint density at radius 1 is 0.935 bits per heavy atom. The molecule has 162 valence electrons. The molecule has 0 fully saturated rings. The summed E-state index contributed by atoms with van der Waals surface area (Å²) in [5.41, 5.74) is 5.03. The molecule has 0 aliphatic rings. The van der Waals surface area contributed by atoms with Crippen molar-refractivity contribution in [2.45, 2.75) is 18.4 Å². The molecule has 3 N–H and O–H groups in total. The van der Waals surface area contributed by atoms with Crippen LogP contribution in [0.25, 0.3) is 0 Å². The molecule has 0 spiro atoms. The highest BCUT2D eigenvalue weighted by molar-refractivity contribution is 7.89. The number of benzene rings is 3. The topological polar surface area (TPSA) is 87.3 Å². The second kappa shape index (κ2) is 9.19. The number of carbonyl (C=O) groups excluding carboxylic acids is 1. The van der Waals surface area contributed by atoms with Crippen molar-refractivity contribution in [3.8, 4) is 0 Å². The molecule has 0 aliphatic heterocycles. The van der Waals surface area contributed by atoms with E-state index >= 15 is 0 Å². The molecule has 10 heteroatoms. The molecule has 6 nitrogen and oxygen atoms in total. The molecule has 3 aromatic carbocycles. The monoisotopic (exact) mass is 449 g/mol. The van der Waals surface area contributed by atoms with Crippen molar-refractivity contribution in [3.05, 3.63) is 94.8 Å². The summed E-state index contributed by atoms with van der Waals surface area (Å²) in [7, 11) is -3.92. The van der Waals surface area contributed by atoms with Gasteiger partial charge in [0, 0.05) is 12.1 Å². The van der Waals surface area contributed by atoms with Crippen LogP contribution in [0.3, 0.4) is 0 Å². The summed E-state index contributed by atoms with van der Waals surface area (Å²) >= 11 is 0. The molecule has 0 unspecified atom stereocenters. The molecule has 0 aliphatic carbocycles. The van der Waals surface area contributed by atoms with Crippen LogP contribution in [0.15, 0.2) is 65.6 Å². The number of anilines is 1. The average Bonchev–Trinajstić information content (AvgIpc) is 2.76. The Morgan fingerprint density at radius 3 is 2.35 bits per heavy atom. The van der Waals surface area contributed by atoms with Gasteiger partial charge in [-0.3, -0.25) is 15.6 Å². The number of carbonyl (C=O) groups is 1. The normalized spacial score (nSPS) is 11.2. The zero-order chi connectivity index (χ0) is 22.6. The average molecular weight is 449 g/mol. The maximum Gasteiger partial charge on any atom is 0.269 e. The fourth-order valence-corrected chi connectivity index (χ4v) is 3.73. The summed E-state index contributed by atoms with van der Waals surface area (Å²) in [6, 6.07) is 14.5. The van der Waals surface area contributed by atoms with E-state index in [0.717, 1.165) is 11.6 Å². The van der Waals surface area contributed by atoms with Gasteiger partial charge in [0.15, 0.2) is 17.5 Å². The quantitative estimate of drug-likeness (QED) is 0.380. The Bertz CT molecular complexity index is 1220. The standard InChI is InChI=1S/C21H18F3N3O3S/c1-13-7-8-15(31(29,30)25-12-14-5-3-2-4-6-14)11-16(13)21(28)27-26-18-10-9-17(22)19(23)20(18)24/h2-11,25-26H,12H2,1H3,(H,27,28). The van der Waals surface area contributed by atoms with Crippen LogP contribution in [0.4, 0.5) is 18.9 Å². The van der Waals surface area contributed by atoms with Crippen molar-refractivity contribution in [2.75, 3.05) is 5.43 Å². The van der Waals surface area contributed by atoms with E-state index in [-0.39, 0.29) is 17.0 Å². The Morgan fingerprint density at radius 2 is 1.65 bits per heavy atom. The number of hydrogen-bond donors (Lipinski definition) is 3. The Kier molecular flexibility index (Phi) is 6.62. The lowest BCUT2D eigenvalue weighted by Gasteiger charge is -2.13. The summed E-state index contributed by atoms with van der Waals surface area (Å²) in [6.07, 6.45) is 0. The Balaban J connectivity index is 1.75. The third kappa shape index (κ3) is 5.22. The maximum absolute atomic E-state index is 13.7. The van der Waals surface area contributed by atoms with Crippen LogP contribution >= 0.6 is 0 Å². The molecule has 3 aromatic rings. The van der Waals surface area contributed by atoms with Crippen LogP contribution in [0.5, 0.6) is 0 Å².